The zero-order chi connectivity index (χ0) is 21.6. The van der Waals surface area contributed by atoms with E-state index in [1.54, 1.807) is 6.26 Å². The summed E-state index contributed by atoms with van der Waals surface area (Å²) in [5.41, 5.74) is 1.43. The van der Waals surface area contributed by atoms with E-state index in [0.29, 0.717) is 18.1 Å². The summed E-state index contributed by atoms with van der Waals surface area (Å²) in [5, 5.41) is 7.31. The van der Waals surface area contributed by atoms with Gasteiger partial charge >= 0.3 is 0 Å². The summed E-state index contributed by atoms with van der Waals surface area (Å²) in [6.45, 7) is 3.49. The predicted molar refractivity (Wildman–Crippen MR) is 127 cm³/mol. The van der Waals surface area contributed by atoms with Crippen molar-refractivity contribution in [3.63, 3.8) is 0 Å². The number of hydrogen-bond acceptors (Lipinski definition) is 4. The molecule has 2 N–H and O–H groups in total. The molecule has 3 atom stereocenters. The van der Waals surface area contributed by atoms with E-state index in [1.807, 2.05) is 12.1 Å². The number of fused-ring (bicyclic) bond motifs is 2. The van der Waals surface area contributed by atoms with Crippen molar-refractivity contribution in [3.8, 4) is 0 Å². The first-order chi connectivity index (χ1) is 15.8. The van der Waals surface area contributed by atoms with Crippen molar-refractivity contribution in [1.82, 2.24) is 15.5 Å². The molecule has 172 valence electrons. The summed E-state index contributed by atoms with van der Waals surface area (Å²) < 4.78 is 11.3. The average Bonchev–Trinajstić information content (AvgIpc) is 3.56. The summed E-state index contributed by atoms with van der Waals surface area (Å²) >= 11 is 0. The minimum absolute atomic E-state index is 0.266. The predicted octanol–water partition coefficient (Wildman–Crippen LogP) is 3.73. The van der Waals surface area contributed by atoms with Crippen molar-refractivity contribution in [2.45, 2.75) is 75.7 Å². The van der Waals surface area contributed by atoms with E-state index in [9.17, 15) is 0 Å². The lowest BCUT2D eigenvalue weighted by atomic mass is 9.96. The van der Waals surface area contributed by atoms with Crippen molar-refractivity contribution < 1.29 is 9.15 Å². The molecule has 3 aliphatic heterocycles. The Hall–Kier alpha value is -2.31. The molecular weight excluding hydrogens is 400 g/mol. The van der Waals surface area contributed by atoms with Crippen molar-refractivity contribution in [2.24, 2.45) is 4.99 Å². The molecule has 2 bridgehead atoms. The maximum atomic E-state index is 5.79. The fraction of sp³-hybridized carbons (Fsp3) is 0.577. The average molecular weight is 437 g/mol. The van der Waals surface area contributed by atoms with Crippen molar-refractivity contribution in [1.29, 1.82) is 0 Å². The van der Waals surface area contributed by atoms with Crippen molar-refractivity contribution in [3.05, 3.63) is 60.1 Å². The topological polar surface area (TPSA) is 62.0 Å². The molecule has 0 aliphatic carbocycles. The van der Waals surface area contributed by atoms with Crippen LogP contribution >= 0.6 is 0 Å². The first kappa shape index (κ1) is 21.5. The number of furan rings is 1. The maximum absolute atomic E-state index is 5.79. The lowest BCUT2D eigenvalue weighted by molar-refractivity contribution is 0.113. The Morgan fingerprint density at radius 2 is 1.88 bits per heavy atom. The van der Waals surface area contributed by atoms with Crippen LogP contribution in [0.25, 0.3) is 0 Å². The highest BCUT2D eigenvalue weighted by Crippen LogP contribution is 2.36. The second kappa shape index (κ2) is 10.5. The Kier molecular flexibility index (Phi) is 7.09. The van der Waals surface area contributed by atoms with E-state index >= 15 is 0 Å². The minimum atomic E-state index is 0.266. The fourth-order valence-corrected chi connectivity index (χ4v) is 5.53. The largest absolute Gasteiger partial charge is 0.469 e. The Balaban J connectivity index is 1.17. The normalized spacial score (nSPS) is 28.2. The summed E-state index contributed by atoms with van der Waals surface area (Å²) in [5.74, 6) is 1.93. The van der Waals surface area contributed by atoms with Crippen molar-refractivity contribution >= 4 is 5.96 Å². The standard InChI is InChI=1S/C26H36N4O2/c1-2-6-20(7-3-1)19-30-22-10-11-23(30)17-21(16-22)29-26(28-18-25-9-5-15-32-25)27-13-12-24-8-4-14-31-24/h1-4,6-8,14,21-23,25H,5,9-13,15-19H2,(H2,27,28,29). The summed E-state index contributed by atoms with van der Waals surface area (Å²) in [4.78, 5) is 7.64. The lowest BCUT2D eigenvalue weighted by Crippen LogP contribution is -2.52. The second-order valence-electron chi connectivity index (χ2n) is 9.44. The number of hydrogen-bond donors (Lipinski definition) is 2. The van der Waals surface area contributed by atoms with Crippen LogP contribution in [0.2, 0.25) is 0 Å². The number of aliphatic imine (C=N–C) groups is 1. The fourth-order valence-electron chi connectivity index (χ4n) is 5.53. The summed E-state index contributed by atoms with van der Waals surface area (Å²) in [7, 11) is 0. The highest BCUT2D eigenvalue weighted by Gasteiger charge is 2.40. The quantitative estimate of drug-likeness (QED) is 0.488. The Labute approximate surface area is 191 Å². The Bertz CT molecular complexity index is 834. The van der Waals surface area contributed by atoms with E-state index in [-0.39, 0.29) is 6.10 Å². The molecule has 1 aromatic heterocycles. The molecule has 6 nitrogen and oxygen atoms in total. The minimum Gasteiger partial charge on any atom is -0.469 e. The highest BCUT2D eigenvalue weighted by molar-refractivity contribution is 5.80. The number of benzene rings is 1. The van der Waals surface area contributed by atoms with Gasteiger partial charge in [0.1, 0.15) is 5.76 Å². The third-order valence-electron chi connectivity index (χ3n) is 7.15. The first-order valence-electron chi connectivity index (χ1n) is 12.3. The molecule has 2 aromatic rings. The van der Waals surface area contributed by atoms with Gasteiger partial charge in [0.15, 0.2) is 5.96 Å². The van der Waals surface area contributed by atoms with Gasteiger partial charge in [-0.3, -0.25) is 9.89 Å². The van der Waals surface area contributed by atoms with Gasteiger partial charge in [-0.15, -0.1) is 0 Å². The van der Waals surface area contributed by atoms with Crippen LogP contribution < -0.4 is 10.6 Å². The number of nitrogens with one attached hydrogen (secondary N) is 2. The SMILES string of the molecule is c1ccc(CN2C3CCC2CC(NC(=NCC2CCCO2)NCCc2ccco2)C3)cc1. The van der Waals surface area contributed by atoms with E-state index < -0.39 is 0 Å². The van der Waals surface area contributed by atoms with Gasteiger partial charge in [0.25, 0.3) is 0 Å². The summed E-state index contributed by atoms with van der Waals surface area (Å²) in [6.07, 6.45) is 10.1. The Morgan fingerprint density at radius 1 is 1.03 bits per heavy atom. The zero-order valence-electron chi connectivity index (χ0n) is 18.9. The molecule has 0 spiro atoms. The van der Waals surface area contributed by atoms with Gasteiger partial charge in [-0.2, -0.15) is 0 Å². The van der Waals surface area contributed by atoms with Gasteiger partial charge in [-0.05, 0) is 56.2 Å². The van der Waals surface area contributed by atoms with Crippen molar-refractivity contribution in [2.75, 3.05) is 19.7 Å². The molecule has 0 amide bonds. The van der Waals surface area contributed by atoms with Crippen LogP contribution in [0.4, 0.5) is 0 Å². The molecule has 3 fully saturated rings. The molecule has 1 aromatic carbocycles. The molecule has 4 heterocycles. The number of piperidine rings is 1. The number of ether oxygens (including phenoxy) is 1. The van der Waals surface area contributed by atoms with Crippen LogP contribution in [0.15, 0.2) is 58.1 Å². The first-order valence-corrected chi connectivity index (χ1v) is 12.3. The van der Waals surface area contributed by atoms with E-state index in [0.717, 1.165) is 57.2 Å². The highest BCUT2D eigenvalue weighted by atomic mass is 16.5. The molecule has 6 heteroatoms. The van der Waals surface area contributed by atoms with Gasteiger partial charge in [0, 0.05) is 44.2 Å². The number of guanidine groups is 1. The third-order valence-corrected chi connectivity index (χ3v) is 7.15. The van der Waals surface area contributed by atoms with Crippen LogP contribution in [0.1, 0.15) is 49.8 Å². The van der Waals surface area contributed by atoms with Gasteiger partial charge in [-0.1, -0.05) is 30.3 Å². The zero-order valence-corrected chi connectivity index (χ0v) is 18.9. The molecular formula is C26H36N4O2. The number of rotatable bonds is 8. The van der Waals surface area contributed by atoms with Gasteiger partial charge < -0.3 is 19.8 Å². The second-order valence-corrected chi connectivity index (χ2v) is 9.44. The van der Waals surface area contributed by atoms with Crippen LogP contribution in [0.5, 0.6) is 0 Å². The third kappa shape index (κ3) is 5.54. The van der Waals surface area contributed by atoms with Crippen LogP contribution in [0.3, 0.4) is 0 Å². The number of nitrogens with zero attached hydrogens (tertiary/aromatic N) is 2. The van der Waals surface area contributed by atoms with Gasteiger partial charge in [0.2, 0.25) is 0 Å². The Morgan fingerprint density at radius 3 is 2.59 bits per heavy atom. The van der Waals surface area contributed by atoms with Crippen LogP contribution in [-0.4, -0.2) is 54.8 Å². The summed E-state index contributed by atoms with van der Waals surface area (Å²) in [6, 6.07) is 16.7. The molecule has 32 heavy (non-hydrogen) atoms. The van der Waals surface area contributed by atoms with Gasteiger partial charge in [0.05, 0.1) is 18.9 Å². The van der Waals surface area contributed by atoms with Crippen LogP contribution in [0, 0.1) is 0 Å². The van der Waals surface area contributed by atoms with Gasteiger partial charge in [-0.25, -0.2) is 0 Å². The molecule has 0 radical (unpaired) electrons. The monoisotopic (exact) mass is 436 g/mol. The lowest BCUT2D eigenvalue weighted by Gasteiger charge is -2.39. The smallest absolute Gasteiger partial charge is 0.191 e. The molecule has 0 saturated carbocycles. The molecule has 3 unspecified atom stereocenters. The van der Waals surface area contributed by atoms with E-state index in [1.165, 1.54) is 31.2 Å². The molecule has 3 aliphatic rings. The van der Waals surface area contributed by atoms with Crippen LogP contribution in [-0.2, 0) is 17.7 Å². The molecule has 3 saturated heterocycles. The van der Waals surface area contributed by atoms with E-state index in [2.05, 4.69) is 45.9 Å². The molecule has 5 rings (SSSR count). The maximum Gasteiger partial charge on any atom is 0.191 e. The van der Waals surface area contributed by atoms with E-state index in [4.69, 9.17) is 14.1 Å².